The minimum atomic E-state index is -0.0255. The summed E-state index contributed by atoms with van der Waals surface area (Å²) in [5, 5.41) is 1.44. The average molecular weight is 159 g/mol. The number of carbonyl (C=O) groups is 1. The normalized spacial score (nSPS) is 10.0. The van der Waals surface area contributed by atoms with E-state index >= 15 is 0 Å². The number of hydrogen-bond donors (Lipinski definition) is 1. The summed E-state index contributed by atoms with van der Waals surface area (Å²) in [6.45, 7) is 3.95. The molecule has 0 aromatic carbocycles. The second kappa shape index (κ2) is 4.18. The average Bonchev–Trinajstić information content (AvgIpc) is 2.00. The fraction of sp³-hybridized carbons (Fsp3) is 0.857. The first-order valence-electron chi connectivity index (χ1n) is 3.68. The van der Waals surface area contributed by atoms with Crippen LogP contribution in [0, 0.1) is 0 Å². The number of hydrazine groups is 1. The third-order valence-electron chi connectivity index (χ3n) is 1.70. The van der Waals surface area contributed by atoms with Crippen LogP contribution in [0.3, 0.4) is 0 Å². The van der Waals surface area contributed by atoms with Crippen molar-refractivity contribution in [1.29, 1.82) is 0 Å². The Morgan fingerprint density at radius 3 is 2.09 bits per heavy atom. The summed E-state index contributed by atoms with van der Waals surface area (Å²) in [4.78, 5) is 13.0. The van der Waals surface area contributed by atoms with Crippen LogP contribution in [0.4, 0.5) is 4.79 Å². The van der Waals surface area contributed by atoms with E-state index in [1.165, 1.54) is 5.01 Å². The number of amides is 2. The van der Waals surface area contributed by atoms with Crippen molar-refractivity contribution in [2.45, 2.75) is 19.9 Å². The number of rotatable bonds is 2. The predicted octanol–water partition coefficient (Wildman–Crippen LogP) is 0.513. The van der Waals surface area contributed by atoms with E-state index in [9.17, 15) is 4.79 Å². The zero-order chi connectivity index (χ0) is 9.02. The van der Waals surface area contributed by atoms with Crippen molar-refractivity contribution in [2.24, 2.45) is 0 Å². The Morgan fingerprint density at radius 1 is 1.36 bits per heavy atom. The second-order valence-electron chi connectivity index (χ2n) is 2.77. The molecule has 2 amide bonds. The third-order valence-corrected chi connectivity index (χ3v) is 1.70. The highest BCUT2D eigenvalue weighted by atomic mass is 16.2. The van der Waals surface area contributed by atoms with Gasteiger partial charge in [-0.25, -0.2) is 10.2 Å². The molecule has 0 aliphatic carbocycles. The lowest BCUT2D eigenvalue weighted by Gasteiger charge is -2.26. The van der Waals surface area contributed by atoms with Gasteiger partial charge in [0.1, 0.15) is 0 Å². The molecular weight excluding hydrogens is 142 g/mol. The Labute approximate surface area is 68.1 Å². The van der Waals surface area contributed by atoms with Gasteiger partial charge < -0.3 is 4.90 Å². The number of carbonyl (C=O) groups excluding carboxylic acids is 1. The van der Waals surface area contributed by atoms with E-state index in [-0.39, 0.29) is 12.1 Å². The van der Waals surface area contributed by atoms with Gasteiger partial charge in [-0.3, -0.25) is 5.01 Å². The maximum absolute atomic E-state index is 11.3. The van der Waals surface area contributed by atoms with Gasteiger partial charge in [-0.05, 0) is 13.8 Å². The van der Waals surface area contributed by atoms with Gasteiger partial charge in [-0.1, -0.05) is 0 Å². The van der Waals surface area contributed by atoms with Gasteiger partial charge in [0, 0.05) is 27.2 Å². The molecule has 0 aliphatic rings. The Balaban J connectivity index is 4.02. The summed E-state index contributed by atoms with van der Waals surface area (Å²) in [6.07, 6.45) is 0. The van der Waals surface area contributed by atoms with Crippen molar-refractivity contribution in [1.82, 2.24) is 15.3 Å². The van der Waals surface area contributed by atoms with E-state index in [0.29, 0.717) is 0 Å². The molecule has 0 aromatic rings. The number of nitrogens with zero attached hydrogens (tertiary/aromatic N) is 2. The van der Waals surface area contributed by atoms with Crippen LogP contribution < -0.4 is 5.43 Å². The first kappa shape index (κ1) is 10.2. The largest absolute Gasteiger partial charge is 0.334 e. The molecule has 0 saturated heterocycles. The summed E-state index contributed by atoms with van der Waals surface area (Å²) in [7, 11) is 5.19. The molecule has 0 heterocycles. The van der Waals surface area contributed by atoms with Crippen LogP contribution in [0.2, 0.25) is 0 Å². The molecule has 0 atom stereocenters. The number of urea groups is 1. The summed E-state index contributed by atoms with van der Waals surface area (Å²) >= 11 is 0. The molecule has 0 aromatic heterocycles. The lowest BCUT2D eigenvalue weighted by Crippen LogP contribution is -2.47. The second-order valence-corrected chi connectivity index (χ2v) is 2.77. The standard InChI is InChI=1S/C7H17N3O/c1-6(2)9(4)7(11)10(5)8-3/h6,8H,1-5H3. The van der Waals surface area contributed by atoms with Crippen LogP contribution in [0.1, 0.15) is 13.8 Å². The van der Waals surface area contributed by atoms with Crippen LogP contribution in [-0.4, -0.2) is 43.1 Å². The lowest BCUT2D eigenvalue weighted by molar-refractivity contribution is 0.148. The molecule has 1 N–H and O–H groups in total. The minimum Gasteiger partial charge on any atom is -0.324 e. The highest BCUT2D eigenvalue weighted by Crippen LogP contribution is 1.96. The zero-order valence-corrected chi connectivity index (χ0v) is 7.88. The SMILES string of the molecule is CNN(C)C(=O)N(C)C(C)C. The van der Waals surface area contributed by atoms with Crippen LogP contribution in [0.5, 0.6) is 0 Å². The number of nitrogens with one attached hydrogen (secondary N) is 1. The fourth-order valence-electron chi connectivity index (χ4n) is 0.553. The van der Waals surface area contributed by atoms with Crippen LogP contribution in [-0.2, 0) is 0 Å². The topological polar surface area (TPSA) is 35.6 Å². The van der Waals surface area contributed by atoms with Crippen LogP contribution in [0.25, 0.3) is 0 Å². The predicted molar refractivity (Wildman–Crippen MR) is 45.1 cm³/mol. The highest BCUT2D eigenvalue weighted by molar-refractivity contribution is 5.73. The van der Waals surface area contributed by atoms with Gasteiger partial charge in [-0.2, -0.15) is 0 Å². The van der Waals surface area contributed by atoms with Crippen molar-refractivity contribution in [3.8, 4) is 0 Å². The Kier molecular flexibility index (Phi) is 3.89. The third kappa shape index (κ3) is 2.76. The van der Waals surface area contributed by atoms with Crippen molar-refractivity contribution >= 4 is 6.03 Å². The zero-order valence-electron chi connectivity index (χ0n) is 7.88. The summed E-state index contributed by atoms with van der Waals surface area (Å²) in [5.74, 6) is 0. The van der Waals surface area contributed by atoms with E-state index < -0.39 is 0 Å². The molecular formula is C7H17N3O. The van der Waals surface area contributed by atoms with Gasteiger partial charge in [-0.15, -0.1) is 0 Å². The monoisotopic (exact) mass is 159 g/mol. The van der Waals surface area contributed by atoms with Crippen LogP contribution in [0.15, 0.2) is 0 Å². The van der Waals surface area contributed by atoms with E-state index in [0.717, 1.165) is 0 Å². The van der Waals surface area contributed by atoms with Gasteiger partial charge in [0.25, 0.3) is 0 Å². The smallest absolute Gasteiger partial charge is 0.324 e. The quantitative estimate of drug-likeness (QED) is 0.596. The molecule has 11 heavy (non-hydrogen) atoms. The number of hydrogen-bond acceptors (Lipinski definition) is 2. The van der Waals surface area contributed by atoms with Gasteiger partial charge in [0.15, 0.2) is 0 Å². The molecule has 4 nitrogen and oxygen atoms in total. The molecule has 0 rings (SSSR count). The van der Waals surface area contributed by atoms with E-state index in [4.69, 9.17) is 0 Å². The summed E-state index contributed by atoms with van der Waals surface area (Å²) < 4.78 is 0. The van der Waals surface area contributed by atoms with E-state index in [1.807, 2.05) is 13.8 Å². The summed E-state index contributed by atoms with van der Waals surface area (Å²) in [5.41, 5.74) is 2.74. The Bertz CT molecular complexity index is 136. The minimum absolute atomic E-state index is 0.0255. The maximum atomic E-state index is 11.3. The molecule has 0 unspecified atom stereocenters. The molecule has 66 valence electrons. The van der Waals surface area contributed by atoms with Crippen molar-refractivity contribution in [2.75, 3.05) is 21.1 Å². The first-order chi connectivity index (χ1) is 5.00. The lowest BCUT2D eigenvalue weighted by atomic mass is 10.4. The van der Waals surface area contributed by atoms with Crippen molar-refractivity contribution in [3.05, 3.63) is 0 Å². The molecule has 0 spiro atoms. The first-order valence-corrected chi connectivity index (χ1v) is 3.68. The van der Waals surface area contributed by atoms with Crippen molar-refractivity contribution in [3.63, 3.8) is 0 Å². The Hall–Kier alpha value is -0.770. The van der Waals surface area contributed by atoms with E-state index in [1.54, 1.807) is 26.0 Å². The van der Waals surface area contributed by atoms with Gasteiger partial charge >= 0.3 is 6.03 Å². The van der Waals surface area contributed by atoms with Crippen LogP contribution >= 0.6 is 0 Å². The molecule has 0 saturated carbocycles. The van der Waals surface area contributed by atoms with Gasteiger partial charge in [0.05, 0.1) is 0 Å². The highest BCUT2D eigenvalue weighted by Gasteiger charge is 2.14. The Morgan fingerprint density at radius 2 is 1.82 bits per heavy atom. The molecule has 0 aliphatic heterocycles. The van der Waals surface area contributed by atoms with Gasteiger partial charge in [0.2, 0.25) is 0 Å². The fourth-order valence-corrected chi connectivity index (χ4v) is 0.553. The molecule has 0 bridgehead atoms. The maximum Gasteiger partial charge on any atom is 0.334 e. The molecule has 0 radical (unpaired) electrons. The molecule has 4 heteroatoms. The summed E-state index contributed by atoms with van der Waals surface area (Å²) in [6, 6.07) is 0.209. The van der Waals surface area contributed by atoms with Crippen molar-refractivity contribution < 1.29 is 4.79 Å². The molecule has 0 fully saturated rings. The van der Waals surface area contributed by atoms with E-state index in [2.05, 4.69) is 5.43 Å².